The van der Waals surface area contributed by atoms with Gasteiger partial charge in [0.05, 0.1) is 12.8 Å². The van der Waals surface area contributed by atoms with Crippen molar-refractivity contribution < 1.29 is 4.74 Å². The summed E-state index contributed by atoms with van der Waals surface area (Å²) in [4.78, 5) is 8.27. The third-order valence-electron chi connectivity index (χ3n) is 1.26. The summed E-state index contributed by atoms with van der Waals surface area (Å²) in [5.41, 5.74) is 0. The summed E-state index contributed by atoms with van der Waals surface area (Å²) in [7, 11) is 0. The van der Waals surface area contributed by atoms with E-state index in [1.54, 1.807) is 6.21 Å². The molecule has 0 N–H and O–H groups in total. The van der Waals surface area contributed by atoms with Crippen molar-refractivity contribution in [2.75, 3.05) is 19.7 Å². The van der Waals surface area contributed by atoms with Gasteiger partial charge in [-0.2, -0.15) is 0 Å². The number of hydrogen-bond donors (Lipinski definition) is 0. The average Bonchev–Trinajstić information content (AvgIpc) is 2.09. The molecule has 0 saturated heterocycles. The monoisotopic (exact) mass is 184 g/mol. The molecular weight excluding hydrogens is 164 g/mol. The lowest BCUT2D eigenvalue weighted by Crippen LogP contribution is -2.12. The third kappa shape index (κ3) is 7.50. The Balaban J connectivity index is 3.95. The molecule has 0 bridgehead atoms. The Kier molecular flexibility index (Phi) is 7.26. The summed E-state index contributed by atoms with van der Waals surface area (Å²) < 4.78 is 5.45. The molecule has 0 heterocycles. The smallest absolute Gasteiger partial charge is 0.227 e. The second-order valence-corrected chi connectivity index (χ2v) is 3.15. The summed E-state index contributed by atoms with van der Waals surface area (Å²) in [5, 5.41) is 0. The minimum absolute atomic E-state index is 0.525. The minimum atomic E-state index is 0.525. The second-order valence-electron chi connectivity index (χ2n) is 3.15. The first-order valence-corrected chi connectivity index (χ1v) is 4.87. The van der Waals surface area contributed by atoms with Crippen molar-refractivity contribution >= 4 is 12.1 Å². The summed E-state index contributed by atoms with van der Waals surface area (Å²) >= 11 is 0. The fourth-order valence-electron chi connectivity index (χ4n) is 0.701. The van der Waals surface area contributed by atoms with Crippen LogP contribution in [0.3, 0.4) is 0 Å². The van der Waals surface area contributed by atoms with Gasteiger partial charge in [0.15, 0.2) is 0 Å². The Bertz CT molecular complexity index is 174. The minimum Gasteiger partial charge on any atom is -0.477 e. The molecule has 3 heteroatoms. The highest BCUT2D eigenvalue weighted by Crippen LogP contribution is 1.93. The SMILES string of the molecule is CCN=CC(=NCC)OCC(C)C. The van der Waals surface area contributed by atoms with Crippen molar-refractivity contribution in [3.63, 3.8) is 0 Å². The van der Waals surface area contributed by atoms with Crippen molar-refractivity contribution in [1.82, 2.24) is 0 Å². The topological polar surface area (TPSA) is 34.0 Å². The van der Waals surface area contributed by atoms with Crippen LogP contribution in [0.1, 0.15) is 27.7 Å². The van der Waals surface area contributed by atoms with Crippen LogP contribution in [-0.2, 0) is 4.74 Å². The molecular formula is C10H20N2O. The molecule has 13 heavy (non-hydrogen) atoms. The molecule has 0 spiro atoms. The van der Waals surface area contributed by atoms with Crippen LogP contribution in [0.15, 0.2) is 9.98 Å². The number of rotatable bonds is 5. The van der Waals surface area contributed by atoms with E-state index in [2.05, 4.69) is 23.8 Å². The first-order chi connectivity index (χ1) is 6.20. The Labute approximate surface area is 80.9 Å². The Morgan fingerprint density at radius 2 is 2.00 bits per heavy atom. The molecule has 0 unspecified atom stereocenters. The van der Waals surface area contributed by atoms with E-state index < -0.39 is 0 Å². The molecule has 0 atom stereocenters. The quantitative estimate of drug-likeness (QED) is 0.476. The van der Waals surface area contributed by atoms with E-state index in [1.807, 2.05) is 13.8 Å². The number of aliphatic imine (C=N–C) groups is 2. The number of ether oxygens (including phenoxy) is 1. The maximum atomic E-state index is 5.45. The normalized spacial score (nSPS) is 12.8. The van der Waals surface area contributed by atoms with E-state index in [1.165, 1.54) is 0 Å². The predicted octanol–water partition coefficient (Wildman–Crippen LogP) is 2.17. The van der Waals surface area contributed by atoms with E-state index >= 15 is 0 Å². The molecule has 0 radical (unpaired) electrons. The lowest BCUT2D eigenvalue weighted by atomic mass is 10.2. The van der Waals surface area contributed by atoms with E-state index in [-0.39, 0.29) is 0 Å². The van der Waals surface area contributed by atoms with E-state index in [0.29, 0.717) is 18.4 Å². The molecule has 0 aromatic carbocycles. The molecule has 3 nitrogen and oxygen atoms in total. The number of hydrogen-bond acceptors (Lipinski definition) is 3. The van der Waals surface area contributed by atoms with Crippen molar-refractivity contribution in [1.29, 1.82) is 0 Å². The zero-order valence-electron chi connectivity index (χ0n) is 9.08. The molecule has 76 valence electrons. The van der Waals surface area contributed by atoms with Gasteiger partial charge in [-0.25, -0.2) is 0 Å². The first kappa shape index (κ1) is 12.1. The zero-order valence-corrected chi connectivity index (χ0v) is 9.08. The van der Waals surface area contributed by atoms with Crippen LogP contribution in [0.25, 0.3) is 0 Å². The van der Waals surface area contributed by atoms with Crippen LogP contribution < -0.4 is 0 Å². The molecule has 0 aliphatic heterocycles. The van der Waals surface area contributed by atoms with Crippen LogP contribution in [0.4, 0.5) is 0 Å². The molecule has 0 aromatic heterocycles. The highest BCUT2D eigenvalue weighted by atomic mass is 16.5. The van der Waals surface area contributed by atoms with Gasteiger partial charge in [-0.15, -0.1) is 0 Å². The first-order valence-electron chi connectivity index (χ1n) is 4.87. The van der Waals surface area contributed by atoms with E-state index in [9.17, 15) is 0 Å². The Morgan fingerprint density at radius 3 is 2.46 bits per heavy atom. The molecule has 0 amide bonds. The Hall–Kier alpha value is -0.860. The van der Waals surface area contributed by atoms with E-state index in [4.69, 9.17) is 4.74 Å². The van der Waals surface area contributed by atoms with Crippen molar-refractivity contribution in [3.8, 4) is 0 Å². The Morgan fingerprint density at radius 1 is 1.31 bits per heavy atom. The maximum absolute atomic E-state index is 5.45. The van der Waals surface area contributed by atoms with Gasteiger partial charge >= 0.3 is 0 Å². The predicted molar refractivity (Wildman–Crippen MR) is 57.8 cm³/mol. The highest BCUT2D eigenvalue weighted by Gasteiger charge is 1.97. The second kappa shape index (κ2) is 7.77. The average molecular weight is 184 g/mol. The van der Waals surface area contributed by atoms with Gasteiger partial charge < -0.3 is 4.74 Å². The largest absolute Gasteiger partial charge is 0.477 e. The van der Waals surface area contributed by atoms with Crippen LogP contribution in [-0.4, -0.2) is 31.8 Å². The molecule has 0 aliphatic rings. The van der Waals surface area contributed by atoms with Crippen LogP contribution in [0, 0.1) is 5.92 Å². The van der Waals surface area contributed by atoms with Crippen molar-refractivity contribution in [3.05, 3.63) is 0 Å². The number of nitrogens with zero attached hydrogens (tertiary/aromatic N) is 2. The third-order valence-corrected chi connectivity index (χ3v) is 1.26. The van der Waals surface area contributed by atoms with Crippen LogP contribution in [0.2, 0.25) is 0 Å². The maximum Gasteiger partial charge on any atom is 0.227 e. The fraction of sp³-hybridized carbons (Fsp3) is 0.800. The fourth-order valence-corrected chi connectivity index (χ4v) is 0.701. The molecule has 0 fully saturated rings. The van der Waals surface area contributed by atoms with Crippen molar-refractivity contribution in [2.24, 2.45) is 15.9 Å². The van der Waals surface area contributed by atoms with Crippen LogP contribution in [0.5, 0.6) is 0 Å². The summed E-state index contributed by atoms with van der Waals surface area (Å²) in [6, 6.07) is 0. The summed E-state index contributed by atoms with van der Waals surface area (Å²) in [6.45, 7) is 10.4. The van der Waals surface area contributed by atoms with Gasteiger partial charge in [0, 0.05) is 13.1 Å². The van der Waals surface area contributed by atoms with Gasteiger partial charge in [0.1, 0.15) is 0 Å². The van der Waals surface area contributed by atoms with E-state index in [0.717, 1.165) is 13.1 Å². The lowest BCUT2D eigenvalue weighted by molar-refractivity contribution is 0.263. The lowest BCUT2D eigenvalue weighted by Gasteiger charge is -2.07. The van der Waals surface area contributed by atoms with Gasteiger partial charge in [-0.05, 0) is 19.8 Å². The van der Waals surface area contributed by atoms with Gasteiger partial charge in [0.25, 0.3) is 0 Å². The summed E-state index contributed by atoms with van der Waals surface area (Å²) in [6.07, 6.45) is 1.70. The van der Waals surface area contributed by atoms with Gasteiger partial charge in [-0.1, -0.05) is 13.8 Å². The molecule has 0 rings (SSSR count). The zero-order chi connectivity index (χ0) is 10.1. The summed E-state index contributed by atoms with van der Waals surface area (Å²) in [5.74, 6) is 1.18. The molecule has 0 saturated carbocycles. The standard InChI is InChI=1S/C10H20N2O/c1-5-11-7-10(12-6-2)13-8-9(3)4/h7,9H,5-6,8H2,1-4H3. The molecule has 0 aromatic rings. The van der Waals surface area contributed by atoms with Gasteiger partial charge in [-0.3, -0.25) is 9.98 Å². The van der Waals surface area contributed by atoms with Crippen LogP contribution >= 0.6 is 0 Å². The molecule has 0 aliphatic carbocycles. The van der Waals surface area contributed by atoms with Crippen molar-refractivity contribution in [2.45, 2.75) is 27.7 Å². The van der Waals surface area contributed by atoms with Gasteiger partial charge in [0.2, 0.25) is 5.90 Å². The highest BCUT2D eigenvalue weighted by molar-refractivity contribution is 6.26.